The minimum atomic E-state index is -0.183. The molecule has 1 saturated heterocycles. The zero-order chi connectivity index (χ0) is 10.8. The molecule has 78 valence electrons. The van der Waals surface area contributed by atoms with Crippen molar-refractivity contribution in [1.82, 2.24) is 0 Å². The highest BCUT2D eigenvalue weighted by Crippen LogP contribution is 2.27. The third-order valence-corrected chi connectivity index (χ3v) is 3.65. The Kier molecular flexibility index (Phi) is 3.02. The lowest BCUT2D eigenvalue weighted by Crippen LogP contribution is -2.27. The van der Waals surface area contributed by atoms with Gasteiger partial charge in [-0.1, -0.05) is 11.8 Å². The Labute approximate surface area is 96.2 Å². The number of hydrogen-bond donors (Lipinski definition) is 0. The molecule has 1 aromatic rings. The van der Waals surface area contributed by atoms with E-state index in [1.165, 1.54) is 4.90 Å². The molecule has 1 aliphatic heterocycles. The predicted octanol–water partition coefficient (Wildman–Crippen LogP) is 2.61. The molecule has 0 atom stereocenters. The van der Waals surface area contributed by atoms with Crippen LogP contribution in [0.2, 0.25) is 0 Å². The van der Waals surface area contributed by atoms with Gasteiger partial charge in [-0.3, -0.25) is 9.59 Å². The standard InChI is InChI=1S/C10H9NO2S2/c1-14-8-4-2-7(3-5-8)11-9(12)6-15-10(11)13/h2-5H,6H2,1H3. The maximum Gasteiger partial charge on any atom is 0.293 e. The molecule has 0 unspecified atom stereocenters. The van der Waals surface area contributed by atoms with Gasteiger partial charge in [0.15, 0.2) is 0 Å². The lowest BCUT2D eigenvalue weighted by atomic mass is 10.3. The Balaban J connectivity index is 2.29. The summed E-state index contributed by atoms with van der Waals surface area (Å²) in [5, 5.41) is -0.183. The van der Waals surface area contributed by atoms with E-state index in [4.69, 9.17) is 0 Å². The van der Waals surface area contributed by atoms with Crippen LogP contribution in [-0.2, 0) is 4.79 Å². The number of nitrogens with zero attached hydrogens (tertiary/aromatic N) is 1. The first kappa shape index (κ1) is 10.6. The molecule has 0 aromatic heterocycles. The van der Waals surface area contributed by atoms with E-state index in [9.17, 15) is 9.59 Å². The number of anilines is 1. The first-order valence-corrected chi connectivity index (χ1v) is 6.57. The van der Waals surface area contributed by atoms with Crippen molar-refractivity contribution in [2.45, 2.75) is 4.90 Å². The highest BCUT2D eigenvalue weighted by atomic mass is 32.2. The van der Waals surface area contributed by atoms with E-state index in [2.05, 4.69) is 0 Å². The predicted molar refractivity (Wildman–Crippen MR) is 63.6 cm³/mol. The number of thioether (sulfide) groups is 2. The van der Waals surface area contributed by atoms with Crippen molar-refractivity contribution in [3.63, 3.8) is 0 Å². The summed E-state index contributed by atoms with van der Waals surface area (Å²) < 4.78 is 0. The Morgan fingerprint density at radius 3 is 2.40 bits per heavy atom. The van der Waals surface area contributed by atoms with Crippen molar-refractivity contribution < 1.29 is 9.59 Å². The molecule has 2 rings (SSSR count). The lowest BCUT2D eigenvalue weighted by Gasteiger charge is -2.12. The summed E-state index contributed by atoms with van der Waals surface area (Å²) in [4.78, 5) is 25.2. The van der Waals surface area contributed by atoms with E-state index >= 15 is 0 Å². The van der Waals surface area contributed by atoms with E-state index in [0.717, 1.165) is 16.7 Å². The zero-order valence-electron chi connectivity index (χ0n) is 8.10. The quantitative estimate of drug-likeness (QED) is 0.743. The fourth-order valence-corrected chi connectivity index (χ4v) is 2.46. The second kappa shape index (κ2) is 4.28. The highest BCUT2D eigenvalue weighted by Gasteiger charge is 2.30. The highest BCUT2D eigenvalue weighted by molar-refractivity contribution is 8.15. The summed E-state index contributed by atoms with van der Waals surface area (Å²) in [6.07, 6.45) is 1.98. The van der Waals surface area contributed by atoms with Crippen LogP contribution in [0, 0.1) is 0 Å². The van der Waals surface area contributed by atoms with E-state index in [1.54, 1.807) is 23.9 Å². The first-order chi connectivity index (χ1) is 7.22. The first-order valence-electron chi connectivity index (χ1n) is 4.36. The van der Waals surface area contributed by atoms with E-state index < -0.39 is 0 Å². The van der Waals surface area contributed by atoms with Crippen LogP contribution < -0.4 is 4.90 Å². The third kappa shape index (κ3) is 2.03. The van der Waals surface area contributed by atoms with Crippen LogP contribution in [0.1, 0.15) is 0 Å². The monoisotopic (exact) mass is 239 g/mol. The summed E-state index contributed by atoms with van der Waals surface area (Å²) in [5.41, 5.74) is 0.660. The number of amides is 2. The molecule has 15 heavy (non-hydrogen) atoms. The number of hydrogen-bond acceptors (Lipinski definition) is 4. The molecule has 0 N–H and O–H groups in total. The van der Waals surface area contributed by atoms with Crippen LogP contribution in [0.4, 0.5) is 10.5 Å². The molecular weight excluding hydrogens is 230 g/mol. The van der Waals surface area contributed by atoms with Crippen LogP contribution in [0.5, 0.6) is 0 Å². The minimum Gasteiger partial charge on any atom is -0.273 e. The van der Waals surface area contributed by atoms with Crippen LogP contribution in [0.25, 0.3) is 0 Å². The van der Waals surface area contributed by atoms with Gasteiger partial charge < -0.3 is 0 Å². The molecule has 1 fully saturated rings. The van der Waals surface area contributed by atoms with Crippen LogP contribution in [-0.4, -0.2) is 23.2 Å². The summed E-state index contributed by atoms with van der Waals surface area (Å²) >= 11 is 2.68. The molecular formula is C10H9NO2S2. The second-order valence-corrected chi connectivity index (χ2v) is 4.79. The van der Waals surface area contributed by atoms with Gasteiger partial charge >= 0.3 is 0 Å². The number of imide groups is 1. The molecule has 0 bridgehead atoms. The van der Waals surface area contributed by atoms with Gasteiger partial charge in [-0.25, -0.2) is 4.90 Å². The summed E-state index contributed by atoms with van der Waals surface area (Å²) in [5.74, 6) is 0.116. The van der Waals surface area contributed by atoms with Crippen LogP contribution >= 0.6 is 23.5 Å². The van der Waals surface area contributed by atoms with Gasteiger partial charge in [-0.05, 0) is 30.5 Å². The van der Waals surface area contributed by atoms with E-state index in [0.29, 0.717) is 5.69 Å². The molecule has 5 heteroatoms. The van der Waals surface area contributed by atoms with Crippen molar-refractivity contribution in [2.75, 3.05) is 16.9 Å². The van der Waals surface area contributed by atoms with Gasteiger partial charge in [-0.2, -0.15) is 0 Å². The van der Waals surface area contributed by atoms with Gasteiger partial charge in [-0.15, -0.1) is 11.8 Å². The number of rotatable bonds is 2. The topological polar surface area (TPSA) is 37.4 Å². The fourth-order valence-electron chi connectivity index (χ4n) is 1.34. The molecule has 0 aliphatic carbocycles. The number of carbonyl (C=O) groups is 2. The Morgan fingerprint density at radius 1 is 1.27 bits per heavy atom. The van der Waals surface area contributed by atoms with Crippen molar-refractivity contribution >= 4 is 40.4 Å². The average molecular weight is 239 g/mol. The third-order valence-electron chi connectivity index (χ3n) is 2.08. The lowest BCUT2D eigenvalue weighted by molar-refractivity contribution is -0.115. The second-order valence-electron chi connectivity index (χ2n) is 2.98. The fraction of sp³-hybridized carbons (Fsp3) is 0.200. The maximum atomic E-state index is 11.4. The van der Waals surface area contributed by atoms with Gasteiger partial charge in [0, 0.05) is 4.90 Å². The minimum absolute atomic E-state index is 0.137. The smallest absolute Gasteiger partial charge is 0.273 e. The van der Waals surface area contributed by atoms with Crippen LogP contribution in [0.3, 0.4) is 0 Å². The van der Waals surface area contributed by atoms with Gasteiger partial charge in [0.05, 0.1) is 11.4 Å². The van der Waals surface area contributed by atoms with Gasteiger partial charge in [0.25, 0.3) is 5.24 Å². The molecule has 3 nitrogen and oxygen atoms in total. The van der Waals surface area contributed by atoms with Crippen molar-refractivity contribution in [2.24, 2.45) is 0 Å². The van der Waals surface area contributed by atoms with Gasteiger partial charge in [0.1, 0.15) is 0 Å². The molecule has 1 aromatic carbocycles. The Bertz CT molecular complexity index is 386. The summed E-state index contributed by atoms with van der Waals surface area (Å²) in [6.45, 7) is 0. The van der Waals surface area contributed by atoms with Crippen molar-refractivity contribution in [1.29, 1.82) is 0 Å². The van der Waals surface area contributed by atoms with E-state index in [-0.39, 0.29) is 16.9 Å². The molecule has 1 aliphatic rings. The normalized spacial score (nSPS) is 16.2. The van der Waals surface area contributed by atoms with Crippen LogP contribution in [0.15, 0.2) is 29.2 Å². The number of benzene rings is 1. The average Bonchev–Trinajstić information content (AvgIpc) is 2.59. The molecule has 0 radical (unpaired) electrons. The van der Waals surface area contributed by atoms with Crippen molar-refractivity contribution in [3.05, 3.63) is 24.3 Å². The number of carbonyl (C=O) groups excluding carboxylic acids is 2. The molecule has 0 saturated carbocycles. The Hall–Kier alpha value is -0.940. The summed E-state index contributed by atoms with van der Waals surface area (Å²) in [7, 11) is 0. The molecule has 2 amide bonds. The molecule has 1 heterocycles. The van der Waals surface area contributed by atoms with Crippen molar-refractivity contribution in [3.8, 4) is 0 Å². The summed E-state index contributed by atoms with van der Waals surface area (Å²) in [6, 6.07) is 7.41. The SMILES string of the molecule is CSc1ccc(N2C(=O)CSC2=O)cc1. The van der Waals surface area contributed by atoms with Gasteiger partial charge in [0.2, 0.25) is 5.91 Å². The Morgan fingerprint density at radius 2 is 1.93 bits per heavy atom. The maximum absolute atomic E-state index is 11.4. The largest absolute Gasteiger partial charge is 0.293 e. The molecule has 0 spiro atoms. The van der Waals surface area contributed by atoms with E-state index in [1.807, 2.05) is 18.4 Å². The zero-order valence-corrected chi connectivity index (χ0v) is 9.73.